The second-order valence-corrected chi connectivity index (χ2v) is 8.62. The minimum atomic E-state index is 0.102. The van der Waals surface area contributed by atoms with Gasteiger partial charge in [0, 0.05) is 25.9 Å². The minimum Gasteiger partial charge on any atom is -0.494 e. The van der Waals surface area contributed by atoms with Crippen molar-refractivity contribution in [1.82, 2.24) is 14.9 Å². The molecule has 4 rings (SSSR count). The molecule has 176 valence electrons. The number of hydrogen-bond acceptors (Lipinski definition) is 3. The fourth-order valence-corrected chi connectivity index (χ4v) is 4.08. The molecule has 4 aromatic rings. The summed E-state index contributed by atoms with van der Waals surface area (Å²) in [7, 11) is 0. The van der Waals surface area contributed by atoms with Gasteiger partial charge in [-0.05, 0) is 56.0 Å². The van der Waals surface area contributed by atoms with Gasteiger partial charge in [-0.25, -0.2) is 4.98 Å². The topological polar surface area (TPSA) is 56.1 Å². The molecule has 1 N–H and O–H groups in total. The van der Waals surface area contributed by atoms with Gasteiger partial charge >= 0.3 is 0 Å². The van der Waals surface area contributed by atoms with Gasteiger partial charge in [0.25, 0.3) is 0 Å². The standard InChI is InChI=1S/C29H33N3O2/c1-23-14-17-25(18-15-23)34-22-8-21-32-27-12-6-5-11-26(27)31-28(32)13-7-20-30-29(33)19-16-24-9-3-2-4-10-24/h2-6,9-12,14-15,17-18H,7-8,13,16,19-22H2,1H3,(H,30,33). The zero-order chi connectivity index (χ0) is 23.6. The highest BCUT2D eigenvalue weighted by Crippen LogP contribution is 2.18. The van der Waals surface area contributed by atoms with E-state index in [2.05, 4.69) is 59.3 Å². The highest BCUT2D eigenvalue weighted by Gasteiger charge is 2.10. The predicted octanol–water partition coefficient (Wildman–Crippen LogP) is 5.50. The Balaban J connectivity index is 1.25. The average molecular weight is 456 g/mol. The molecule has 34 heavy (non-hydrogen) atoms. The number of para-hydroxylation sites is 2. The zero-order valence-electron chi connectivity index (χ0n) is 19.9. The molecule has 0 bridgehead atoms. The molecule has 0 saturated heterocycles. The average Bonchev–Trinajstić information content (AvgIpc) is 3.22. The van der Waals surface area contributed by atoms with Crippen LogP contribution in [0.4, 0.5) is 0 Å². The quantitative estimate of drug-likeness (QED) is 0.287. The van der Waals surface area contributed by atoms with Crippen molar-refractivity contribution in [2.75, 3.05) is 13.2 Å². The number of nitrogens with one attached hydrogen (secondary N) is 1. The first-order valence-electron chi connectivity index (χ1n) is 12.1. The Morgan fingerprint density at radius 2 is 1.68 bits per heavy atom. The van der Waals surface area contributed by atoms with Crippen LogP contribution in [0.5, 0.6) is 5.75 Å². The van der Waals surface area contributed by atoms with Crippen LogP contribution in [0.2, 0.25) is 0 Å². The van der Waals surface area contributed by atoms with Gasteiger partial charge in [0.2, 0.25) is 5.91 Å². The summed E-state index contributed by atoms with van der Waals surface area (Å²) in [6.45, 7) is 4.25. The normalized spacial score (nSPS) is 11.0. The van der Waals surface area contributed by atoms with E-state index in [0.29, 0.717) is 19.6 Å². The van der Waals surface area contributed by atoms with E-state index >= 15 is 0 Å². The van der Waals surface area contributed by atoms with E-state index < -0.39 is 0 Å². The van der Waals surface area contributed by atoms with Crippen molar-refractivity contribution in [2.24, 2.45) is 0 Å². The maximum atomic E-state index is 12.2. The summed E-state index contributed by atoms with van der Waals surface area (Å²) in [4.78, 5) is 17.1. The number of carbonyl (C=O) groups excluding carboxylic acids is 1. The van der Waals surface area contributed by atoms with Crippen LogP contribution in [-0.4, -0.2) is 28.6 Å². The van der Waals surface area contributed by atoms with E-state index in [-0.39, 0.29) is 5.91 Å². The summed E-state index contributed by atoms with van der Waals surface area (Å²) in [5.74, 6) is 2.07. The molecule has 1 aromatic heterocycles. The number of hydrogen-bond donors (Lipinski definition) is 1. The van der Waals surface area contributed by atoms with Crippen molar-refractivity contribution in [2.45, 2.75) is 45.6 Å². The molecular formula is C29H33N3O2. The van der Waals surface area contributed by atoms with E-state index in [0.717, 1.165) is 54.8 Å². The van der Waals surface area contributed by atoms with Gasteiger partial charge in [-0.1, -0.05) is 60.2 Å². The van der Waals surface area contributed by atoms with Gasteiger partial charge in [-0.3, -0.25) is 4.79 Å². The summed E-state index contributed by atoms with van der Waals surface area (Å²) in [5.41, 5.74) is 4.59. The maximum Gasteiger partial charge on any atom is 0.220 e. The number of rotatable bonds is 12. The van der Waals surface area contributed by atoms with Crippen LogP contribution in [-0.2, 0) is 24.2 Å². The first-order chi connectivity index (χ1) is 16.7. The third-order valence-corrected chi connectivity index (χ3v) is 5.93. The molecule has 0 fully saturated rings. The van der Waals surface area contributed by atoms with Gasteiger partial charge < -0.3 is 14.6 Å². The Bertz CT molecular complexity index is 1180. The van der Waals surface area contributed by atoms with E-state index in [4.69, 9.17) is 9.72 Å². The molecule has 0 unspecified atom stereocenters. The maximum absolute atomic E-state index is 12.2. The Morgan fingerprint density at radius 1 is 0.912 bits per heavy atom. The van der Waals surface area contributed by atoms with Crippen LogP contribution in [0, 0.1) is 6.92 Å². The monoisotopic (exact) mass is 455 g/mol. The lowest BCUT2D eigenvalue weighted by Gasteiger charge is -2.11. The molecule has 0 atom stereocenters. The highest BCUT2D eigenvalue weighted by molar-refractivity contribution is 5.76. The Labute approximate surface area is 201 Å². The van der Waals surface area contributed by atoms with E-state index in [9.17, 15) is 4.79 Å². The van der Waals surface area contributed by atoms with E-state index in [1.165, 1.54) is 11.1 Å². The van der Waals surface area contributed by atoms with Crippen molar-refractivity contribution < 1.29 is 9.53 Å². The number of aromatic nitrogens is 2. The smallest absolute Gasteiger partial charge is 0.220 e. The van der Waals surface area contributed by atoms with Crippen molar-refractivity contribution in [1.29, 1.82) is 0 Å². The summed E-state index contributed by atoms with van der Waals surface area (Å²) in [6, 6.07) is 26.6. The lowest BCUT2D eigenvalue weighted by atomic mass is 10.1. The Morgan fingerprint density at radius 3 is 2.50 bits per heavy atom. The molecule has 0 aliphatic carbocycles. The van der Waals surface area contributed by atoms with E-state index in [1.54, 1.807) is 0 Å². The van der Waals surface area contributed by atoms with Crippen LogP contribution >= 0.6 is 0 Å². The van der Waals surface area contributed by atoms with Crippen LogP contribution < -0.4 is 10.1 Å². The lowest BCUT2D eigenvalue weighted by molar-refractivity contribution is -0.121. The lowest BCUT2D eigenvalue weighted by Crippen LogP contribution is -2.25. The number of nitrogens with zero attached hydrogens (tertiary/aromatic N) is 2. The van der Waals surface area contributed by atoms with E-state index in [1.807, 2.05) is 36.4 Å². The summed E-state index contributed by atoms with van der Waals surface area (Å²) in [6.07, 6.45) is 3.88. The highest BCUT2D eigenvalue weighted by atomic mass is 16.5. The van der Waals surface area contributed by atoms with Crippen molar-refractivity contribution >= 4 is 16.9 Å². The Kier molecular flexibility index (Phi) is 8.33. The van der Waals surface area contributed by atoms with Crippen LogP contribution in [0.1, 0.15) is 36.2 Å². The third kappa shape index (κ3) is 6.70. The van der Waals surface area contributed by atoms with Gasteiger partial charge in [-0.15, -0.1) is 0 Å². The molecule has 5 heteroatoms. The molecule has 0 radical (unpaired) electrons. The van der Waals surface area contributed by atoms with Crippen LogP contribution in [0.3, 0.4) is 0 Å². The number of benzene rings is 3. The number of ether oxygens (including phenoxy) is 1. The fourth-order valence-electron chi connectivity index (χ4n) is 4.08. The van der Waals surface area contributed by atoms with Crippen molar-refractivity contribution in [3.63, 3.8) is 0 Å². The SMILES string of the molecule is Cc1ccc(OCCCn2c(CCCNC(=O)CCc3ccccc3)nc3ccccc32)cc1. The first-order valence-corrected chi connectivity index (χ1v) is 12.1. The van der Waals surface area contributed by atoms with Crippen molar-refractivity contribution in [3.8, 4) is 5.75 Å². The Hall–Kier alpha value is -3.60. The molecule has 0 spiro atoms. The molecular weight excluding hydrogens is 422 g/mol. The molecule has 1 amide bonds. The van der Waals surface area contributed by atoms with Gasteiger partial charge in [0.05, 0.1) is 17.6 Å². The molecule has 0 saturated carbocycles. The molecule has 0 aliphatic heterocycles. The molecule has 3 aromatic carbocycles. The largest absolute Gasteiger partial charge is 0.494 e. The zero-order valence-corrected chi connectivity index (χ0v) is 19.9. The summed E-state index contributed by atoms with van der Waals surface area (Å²) >= 11 is 0. The minimum absolute atomic E-state index is 0.102. The van der Waals surface area contributed by atoms with Crippen LogP contribution in [0.15, 0.2) is 78.9 Å². The van der Waals surface area contributed by atoms with Gasteiger partial charge in [-0.2, -0.15) is 0 Å². The van der Waals surface area contributed by atoms with Gasteiger partial charge in [0.15, 0.2) is 0 Å². The number of carbonyl (C=O) groups is 1. The molecule has 0 aliphatic rings. The van der Waals surface area contributed by atoms with Crippen LogP contribution in [0.25, 0.3) is 11.0 Å². The van der Waals surface area contributed by atoms with Gasteiger partial charge in [0.1, 0.15) is 11.6 Å². The second kappa shape index (κ2) is 12.0. The van der Waals surface area contributed by atoms with Crippen molar-refractivity contribution in [3.05, 3.63) is 95.8 Å². The summed E-state index contributed by atoms with van der Waals surface area (Å²) in [5, 5.41) is 3.05. The number of imidazole rings is 1. The molecule has 5 nitrogen and oxygen atoms in total. The number of fused-ring (bicyclic) bond motifs is 1. The number of amides is 1. The summed E-state index contributed by atoms with van der Waals surface area (Å²) < 4.78 is 8.21. The fraction of sp³-hybridized carbons (Fsp3) is 0.310. The third-order valence-electron chi connectivity index (χ3n) is 5.93. The second-order valence-electron chi connectivity index (χ2n) is 8.62. The molecule has 1 heterocycles. The first kappa shape index (κ1) is 23.6. The number of aryl methyl sites for hydroxylation is 4. The predicted molar refractivity (Wildman–Crippen MR) is 137 cm³/mol.